The van der Waals surface area contributed by atoms with Gasteiger partial charge in [0.05, 0.1) is 0 Å². The van der Waals surface area contributed by atoms with Gasteiger partial charge in [0.15, 0.2) is 0 Å². The van der Waals surface area contributed by atoms with E-state index in [2.05, 4.69) is 48.6 Å². The van der Waals surface area contributed by atoms with Gasteiger partial charge in [-0.25, -0.2) is 0 Å². The molecule has 0 aromatic carbocycles. The third kappa shape index (κ3) is 4.59. The summed E-state index contributed by atoms with van der Waals surface area (Å²) in [7, 11) is 2.30. The molecule has 0 radical (unpaired) electrons. The first kappa shape index (κ1) is 15.0. The summed E-state index contributed by atoms with van der Waals surface area (Å²) in [4.78, 5) is 4.09. The van der Waals surface area contributed by atoms with Crippen molar-refractivity contribution in [1.29, 1.82) is 0 Å². The summed E-state index contributed by atoms with van der Waals surface area (Å²) in [5.41, 5.74) is 0. The molecule has 2 rings (SSSR count). The summed E-state index contributed by atoms with van der Waals surface area (Å²) in [5.74, 6) is 1.63. The molecule has 0 bridgehead atoms. The molecule has 2 atom stereocenters. The Hall–Kier alpha value is -0.380. The van der Waals surface area contributed by atoms with Crippen LogP contribution in [0.2, 0.25) is 0 Å². The topological polar surface area (TPSA) is 15.3 Å². The number of thiophene rings is 1. The predicted molar refractivity (Wildman–Crippen MR) is 84.9 cm³/mol. The largest absolute Gasteiger partial charge is 0.316 e. The molecule has 0 saturated heterocycles. The fourth-order valence-electron chi connectivity index (χ4n) is 2.83. The van der Waals surface area contributed by atoms with E-state index in [1.165, 1.54) is 37.2 Å². The predicted octanol–water partition coefficient (Wildman–Crippen LogP) is 3.25. The lowest BCUT2D eigenvalue weighted by Gasteiger charge is -2.43. The lowest BCUT2D eigenvalue weighted by molar-refractivity contribution is 0.0845. The zero-order chi connectivity index (χ0) is 13.7. The van der Waals surface area contributed by atoms with Crippen molar-refractivity contribution in [1.82, 2.24) is 10.2 Å². The number of hydrogen-bond donors (Lipinski definition) is 1. The van der Waals surface area contributed by atoms with Gasteiger partial charge in [0.2, 0.25) is 0 Å². The van der Waals surface area contributed by atoms with Crippen molar-refractivity contribution in [3.05, 3.63) is 22.4 Å². The lowest BCUT2D eigenvalue weighted by Crippen LogP contribution is -2.49. The van der Waals surface area contributed by atoms with Crippen molar-refractivity contribution in [2.24, 2.45) is 11.8 Å². The Bertz CT molecular complexity index is 348. The SMILES string of the molecule is CC(C)CNCC1CCC1N(C)CCc1cccs1. The van der Waals surface area contributed by atoms with Gasteiger partial charge in [-0.05, 0) is 62.7 Å². The van der Waals surface area contributed by atoms with Crippen LogP contribution < -0.4 is 5.32 Å². The van der Waals surface area contributed by atoms with Gasteiger partial charge in [0.1, 0.15) is 0 Å². The molecule has 3 heteroatoms. The van der Waals surface area contributed by atoms with Crippen molar-refractivity contribution in [2.45, 2.75) is 39.2 Å². The highest BCUT2D eigenvalue weighted by atomic mass is 32.1. The molecule has 2 unspecified atom stereocenters. The molecule has 1 saturated carbocycles. The summed E-state index contributed by atoms with van der Waals surface area (Å²) in [6.45, 7) is 8.11. The molecule has 1 aromatic heterocycles. The first-order chi connectivity index (χ1) is 9.16. The molecular formula is C16H28N2S. The number of likely N-dealkylation sites (N-methyl/N-ethyl adjacent to an activating group) is 1. The van der Waals surface area contributed by atoms with Crippen LogP contribution in [0.3, 0.4) is 0 Å². The van der Waals surface area contributed by atoms with Gasteiger partial charge in [0.25, 0.3) is 0 Å². The summed E-state index contributed by atoms with van der Waals surface area (Å²) in [6.07, 6.45) is 3.99. The van der Waals surface area contributed by atoms with E-state index in [1.807, 2.05) is 11.3 Å². The van der Waals surface area contributed by atoms with Gasteiger partial charge in [-0.1, -0.05) is 19.9 Å². The quantitative estimate of drug-likeness (QED) is 0.786. The zero-order valence-electron chi connectivity index (χ0n) is 12.6. The molecule has 1 aliphatic rings. The van der Waals surface area contributed by atoms with Crippen molar-refractivity contribution in [3.8, 4) is 0 Å². The first-order valence-corrected chi connectivity index (χ1v) is 8.48. The maximum atomic E-state index is 3.62. The van der Waals surface area contributed by atoms with E-state index in [-0.39, 0.29) is 0 Å². The summed E-state index contributed by atoms with van der Waals surface area (Å²) in [6, 6.07) is 5.21. The van der Waals surface area contributed by atoms with Gasteiger partial charge in [-0.2, -0.15) is 0 Å². The lowest BCUT2D eigenvalue weighted by atomic mass is 9.78. The highest BCUT2D eigenvalue weighted by Gasteiger charge is 2.33. The van der Waals surface area contributed by atoms with Crippen LogP contribution in [-0.4, -0.2) is 37.6 Å². The summed E-state index contributed by atoms with van der Waals surface area (Å²) in [5, 5.41) is 5.79. The highest BCUT2D eigenvalue weighted by molar-refractivity contribution is 7.09. The Labute approximate surface area is 122 Å². The second-order valence-electron chi connectivity index (χ2n) is 6.27. The van der Waals surface area contributed by atoms with E-state index in [0.717, 1.165) is 24.4 Å². The number of nitrogens with zero attached hydrogens (tertiary/aromatic N) is 1. The molecule has 0 amide bonds. The fourth-order valence-corrected chi connectivity index (χ4v) is 3.53. The first-order valence-electron chi connectivity index (χ1n) is 7.60. The van der Waals surface area contributed by atoms with Crippen LogP contribution in [0.15, 0.2) is 17.5 Å². The highest BCUT2D eigenvalue weighted by Crippen LogP contribution is 2.31. The molecule has 0 aliphatic heterocycles. The smallest absolute Gasteiger partial charge is 0.0133 e. The Balaban J connectivity index is 1.66. The molecule has 1 aromatic rings. The maximum Gasteiger partial charge on any atom is 0.0133 e. The van der Waals surface area contributed by atoms with Crippen molar-refractivity contribution < 1.29 is 0 Å². The molecule has 19 heavy (non-hydrogen) atoms. The van der Waals surface area contributed by atoms with Crippen LogP contribution in [0, 0.1) is 11.8 Å². The third-order valence-corrected chi connectivity index (χ3v) is 5.13. The molecule has 1 aliphatic carbocycles. The van der Waals surface area contributed by atoms with Crippen LogP contribution >= 0.6 is 11.3 Å². The van der Waals surface area contributed by atoms with E-state index in [9.17, 15) is 0 Å². The van der Waals surface area contributed by atoms with Crippen molar-refractivity contribution in [2.75, 3.05) is 26.7 Å². The monoisotopic (exact) mass is 280 g/mol. The summed E-state index contributed by atoms with van der Waals surface area (Å²) < 4.78 is 0. The van der Waals surface area contributed by atoms with Gasteiger partial charge in [-0.15, -0.1) is 11.3 Å². The van der Waals surface area contributed by atoms with E-state index in [0.29, 0.717) is 0 Å². The molecular weight excluding hydrogens is 252 g/mol. The van der Waals surface area contributed by atoms with E-state index < -0.39 is 0 Å². The number of nitrogens with one attached hydrogen (secondary N) is 1. The Morgan fingerprint density at radius 2 is 2.26 bits per heavy atom. The average molecular weight is 280 g/mol. The minimum absolute atomic E-state index is 0.759. The minimum Gasteiger partial charge on any atom is -0.316 e. The van der Waals surface area contributed by atoms with Crippen LogP contribution in [0.25, 0.3) is 0 Å². The van der Waals surface area contributed by atoms with Crippen LogP contribution in [0.5, 0.6) is 0 Å². The third-order valence-electron chi connectivity index (χ3n) is 4.19. The molecule has 1 fully saturated rings. The van der Waals surface area contributed by atoms with Gasteiger partial charge in [-0.3, -0.25) is 0 Å². The molecule has 108 valence electrons. The van der Waals surface area contributed by atoms with E-state index >= 15 is 0 Å². The van der Waals surface area contributed by atoms with E-state index in [4.69, 9.17) is 0 Å². The molecule has 1 N–H and O–H groups in total. The average Bonchev–Trinajstić information content (AvgIpc) is 2.83. The van der Waals surface area contributed by atoms with Gasteiger partial charge in [0, 0.05) is 17.5 Å². The molecule has 1 heterocycles. The van der Waals surface area contributed by atoms with Crippen molar-refractivity contribution >= 4 is 11.3 Å². The van der Waals surface area contributed by atoms with Gasteiger partial charge >= 0.3 is 0 Å². The second-order valence-corrected chi connectivity index (χ2v) is 7.30. The van der Waals surface area contributed by atoms with Crippen molar-refractivity contribution in [3.63, 3.8) is 0 Å². The van der Waals surface area contributed by atoms with E-state index in [1.54, 1.807) is 0 Å². The van der Waals surface area contributed by atoms with Crippen LogP contribution in [-0.2, 0) is 6.42 Å². The minimum atomic E-state index is 0.759. The standard InChI is InChI=1S/C16H28N2S/c1-13(2)11-17-12-14-6-7-16(14)18(3)9-8-15-5-4-10-19-15/h4-5,10,13-14,16-17H,6-9,11-12H2,1-3H3. The maximum absolute atomic E-state index is 3.62. The second kappa shape index (κ2) is 7.41. The molecule has 0 spiro atoms. The number of hydrogen-bond acceptors (Lipinski definition) is 3. The Kier molecular flexibility index (Phi) is 5.86. The summed E-state index contributed by atoms with van der Waals surface area (Å²) >= 11 is 1.88. The molecule has 2 nitrogen and oxygen atoms in total. The van der Waals surface area contributed by atoms with Crippen LogP contribution in [0.4, 0.5) is 0 Å². The normalized spacial score (nSPS) is 23.0. The zero-order valence-corrected chi connectivity index (χ0v) is 13.4. The Morgan fingerprint density at radius 1 is 1.42 bits per heavy atom. The number of rotatable bonds is 8. The Morgan fingerprint density at radius 3 is 2.84 bits per heavy atom. The van der Waals surface area contributed by atoms with Gasteiger partial charge < -0.3 is 10.2 Å². The van der Waals surface area contributed by atoms with Crippen LogP contribution in [0.1, 0.15) is 31.6 Å². The fraction of sp³-hybridized carbons (Fsp3) is 0.750.